The minimum atomic E-state index is -0.645. The first kappa shape index (κ1) is 18.2. The molecule has 1 aliphatic carbocycles. The van der Waals surface area contributed by atoms with Crippen LogP contribution < -0.4 is 5.32 Å². The number of amides is 1. The highest BCUT2D eigenvalue weighted by Crippen LogP contribution is 2.39. The molecule has 2 rings (SSSR count). The summed E-state index contributed by atoms with van der Waals surface area (Å²) in [6.07, 6.45) is 2.08. The van der Waals surface area contributed by atoms with Gasteiger partial charge >= 0.3 is 5.97 Å². The van der Waals surface area contributed by atoms with Crippen molar-refractivity contribution in [3.8, 4) is 0 Å². The number of carbonyl (C=O) groups is 2. The van der Waals surface area contributed by atoms with E-state index in [1.165, 1.54) is 6.07 Å². The molecule has 1 aromatic carbocycles. The SMILES string of the molecule is CCOC(=O)C1=C(c2cccc(F)c2NC(=O)C(C)(C)C)CCC1. The van der Waals surface area contributed by atoms with Gasteiger partial charge in [0.15, 0.2) is 0 Å². The van der Waals surface area contributed by atoms with Crippen molar-refractivity contribution in [2.24, 2.45) is 5.41 Å². The number of para-hydroxylation sites is 1. The van der Waals surface area contributed by atoms with Crippen molar-refractivity contribution in [3.05, 3.63) is 35.2 Å². The lowest BCUT2D eigenvalue weighted by Gasteiger charge is -2.20. The van der Waals surface area contributed by atoms with Crippen molar-refractivity contribution in [3.63, 3.8) is 0 Å². The molecule has 1 aliphatic rings. The number of halogens is 1. The summed E-state index contributed by atoms with van der Waals surface area (Å²) in [6, 6.07) is 4.63. The Bertz CT molecular complexity index is 686. The van der Waals surface area contributed by atoms with Crippen LogP contribution in [0.15, 0.2) is 23.8 Å². The number of anilines is 1. The molecule has 1 amide bonds. The lowest BCUT2D eigenvalue weighted by molar-refractivity contribution is -0.138. The van der Waals surface area contributed by atoms with E-state index in [9.17, 15) is 14.0 Å². The Kier molecular flexibility index (Phi) is 5.42. The molecule has 1 N–H and O–H groups in total. The Balaban J connectivity index is 2.47. The second-order valence-corrected chi connectivity index (χ2v) is 6.90. The van der Waals surface area contributed by atoms with E-state index in [0.717, 1.165) is 12.0 Å². The fourth-order valence-electron chi connectivity index (χ4n) is 2.69. The lowest BCUT2D eigenvalue weighted by atomic mass is 9.94. The van der Waals surface area contributed by atoms with E-state index in [1.807, 2.05) is 0 Å². The molecule has 0 atom stereocenters. The van der Waals surface area contributed by atoms with Crippen LogP contribution in [0.5, 0.6) is 0 Å². The van der Waals surface area contributed by atoms with Crippen LogP contribution in [-0.4, -0.2) is 18.5 Å². The molecular formula is C19H24FNO3. The predicted octanol–water partition coefficient (Wildman–Crippen LogP) is 4.31. The normalized spacial score (nSPS) is 14.7. The summed E-state index contributed by atoms with van der Waals surface area (Å²) in [5.41, 5.74) is 1.39. The zero-order valence-corrected chi connectivity index (χ0v) is 14.7. The fourth-order valence-corrected chi connectivity index (χ4v) is 2.69. The third-order valence-electron chi connectivity index (χ3n) is 4.00. The minimum absolute atomic E-state index is 0.135. The zero-order chi connectivity index (χ0) is 17.9. The Morgan fingerprint density at radius 1 is 1.25 bits per heavy atom. The van der Waals surface area contributed by atoms with E-state index in [4.69, 9.17) is 4.74 Å². The molecule has 0 bridgehead atoms. The molecule has 0 aromatic heterocycles. The first-order valence-electron chi connectivity index (χ1n) is 8.25. The molecule has 4 nitrogen and oxygen atoms in total. The molecule has 5 heteroatoms. The molecule has 0 heterocycles. The quantitative estimate of drug-likeness (QED) is 0.835. The van der Waals surface area contributed by atoms with Crippen LogP contribution in [0.4, 0.5) is 10.1 Å². The van der Waals surface area contributed by atoms with E-state index in [2.05, 4.69) is 5.32 Å². The Labute approximate surface area is 142 Å². The first-order chi connectivity index (χ1) is 11.3. The number of carbonyl (C=O) groups excluding carboxylic acids is 2. The van der Waals surface area contributed by atoms with Crippen LogP contribution in [0.2, 0.25) is 0 Å². The molecule has 0 radical (unpaired) electrons. The second-order valence-electron chi connectivity index (χ2n) is 6.90. The van der Waals surface area contributed by atoms with Gasteiger partial charge in [0.25, 0.3) is 0 Å². The number of hydrogen-bond acceptors (Lipinski definition) is 3. The third-order valence-corrected chi connectivity index (χ3v) is 4.00. The summed E-state index contributed by atoms with van der Waals surface area (Å²) in [5.74, 6) is -1.14. The Morgan fingerprint density at radius 3 is 2.58 bits per heavy atom. The van der Waals surface area contributed by atoms with Crippen LogP contribution in [0.3, 0.4) is 0 Å². The molecule has 0 saturated heterocycles. The minimum Gasteiger partial charge on any atom is -0.463 e. The van der Waals surface area contributed by atoms with Crippen LogP contribution >= 0.6 is 0 Å². The van der Waals surface area contributed by atoms with Gasteiger partial charge in [0, 0.05) is 16.6 Å². The van der Waals surface area contributed by atoms with Gasteiger partial charge in [0.05, 0.1) is 12.3 Å². The van der Waals surface area contributed by atoms with E-state index in [1.54, 1.807) is 39.8 Å². The first-order valence-corrected chi connectivity index (χ1v) is 8.25. The number of ether oxygens (including phenoxy) is 1. The average molecular weight is 333 g/mol. The van der Waals surface area contributed by atoms with Crippen molar-refractivity contribution < 1.29 is 18.7 Å². The van der Waals surface area contributed by atoms with E-state index in [-0.39, 0.29) is 17.6 Å². The monoisotopic (exact) mass is 333 g/mol. The van der Waals surface area contributed by atoms with Gasteiger partial charge in [-0.1, -0.05) is 32.9 Å². The maximum Gasteiger partial charge on any atom is 0.334 e. The summed E-state index contributed by atoms with van der Waals surface area (Å²) in [7, 11) is 0. The van der Waals surface area contributed by atoms with Gasteiger partial charge < -0.3 is 10.1 Å². The van der Waals surface area contributed by atoms with Gasteiger partial charge in [-0.25, -0.2) is 9.18 Å². The standard InChI is InChI=1S/C19H24FNO3/c1-5-24-17(22)14-10-6-8-12(14)13-9-7-11-15(20)16(13)21-18(23)19(2,3)4/h7,9,11H,5-6,8,10H2,1-4H3,(H,21,23). The highest BCUT2D eigenvalue weighted by molar-refractivity contribution is 6.03. The topological polar surface area (TPSA) is 55.4 Å². The van der Waals surface area contributed by atoms with Gasteiger partial charge in [0.2, 0.25) is 5.91 Å². The van der Waals surface area contributed by atoms with Crippen molar-refractivity contribution in [1.82, 2.24) is 0 Å². The molecule has 0 spiro atoms. The number of rotatable bonds is 4. The number of hydrogen-bond donors (Lipinski definition) is 1. The average Bonchev–Trinajstić information content (AvgIpc) is 2.97. The molecule has 0 saturated carbocycles. The highest BCUT2D eigenvalue weighted by Gasteiger charge is 2.28. The predicted molar refractivity (Wildman–Crippen MR) is 91.9 cm³/mol. The number of allylic oxidation sites excluding steroid dienone is 1. The number of esters is 1. The highest BCUT2D eigenvalue weighted by atomic mass is 19.1. The number of nitrogens with one attached hydrogen (secondary N) is 1. The Hall–Kier alpha value is -2.17. The van der Waals surface area contributed by atoms with Gasteiger partial charge in [-0.3, -0.25) is 4.79 Å². The van der Waals surface area contributed by atoms with Crippen LogP contribution in [0.25, 0.3) is 5.57 Å². The summed E-state index contributed by atoms with van der Waals surface area (Å²) >= 11 is 0. The molecule has 1 aromatic rings. The molecule has 24 heavy (non-hydrogen) atoms. The molecular weight excluding hydrogens is 309 g/mol. The third kappa shape index (κ3) is 3.83. The lowest BCUT2D eigenvalue weighted by Crippen LogP contribution is -2.28. The summed E-state index contributed by atoms with van der Waals surface area (Å²) in [4.78, 5) is 24.4. The second kappa shape index (κ2) is 7.16. The fraction of sp³-hybridized carbons (Fsp3) is 0.474. The Morgan fingerprint density at radius 2 is 1.96 bits per heavy atom. The van der Waals surface area contributed by atoms with E-state index in [0.29, 0.717) is 30.6 Å². The van der Waals surface area contributed by atoms with Crippen molar-refractivity contribution in [2.75, 3.05) is 11.9 Å². The summed E-state index contributed by atoms with van der Waals surface area (Å²) in [6.45, 7) is 7.35. The van der Waals surface area contributed by atoms with Gasteiger partial charge in [-0.15, -0.1) is 0 Å². The van der Waals surface area contributed by atoms with Crippen LogP contribution in [0.1, 0.15) is 52.5 Å². The van der Waals surface area contributed by atoms with Crippen molar-refractivity contribution in [2.45, 2.75) is 47.0 Å². The maximum atomic E-state index is 14.4. The molecule has 0 unspecified atom stereocenters. The molecule has 0 fully saturated rings. The van der Waals surface area contributed by atoms with Crippen LogP contribution in [0, 0.1) is 11.2 Å². The number of benzene rings is 1. The van der Waals surface area contributed by atoms with Gasteiger partial charge in [-0.05, 0) is 37.8 Å². The van der Waals surface area contributed by atoms with Crippen molar-refractivity contribution >= 4 is 23.1 Å². The summed E-state index contributed by atoms with van der Waals surface area (Å²) in [5, 5.41) is 2.69. The smallest absolute Gasteiger partial charge is 0.334 e. The van der Waals surface area contributed by atoms with Gasteiger partial charge in [-0.2, -0.15) is 0 Å². The van der Waals surface area contributed by atoms with E-state index >= 15 is 0 Å². The van der Waals surface area contributed by atoms with Gasteiger partial charge in [0.1, 0.15) is 5.82 Å². The molecule has 130 valence electrons. The molecule has 0 aliphatic heterocycles. The maximum absolute atomic E-state index is 14.4. The summed E-state index contributed by atoms with van der Waals surface area (Å²) < 4.78 is 19.5. The zero-order valence-electron chi connectivity index (χ0n) is 14.7. The van der Waals surface area contributed by atoms with Crippen molar-refractivity contribution in [1.29, 1.82) is 0 Å². The van der Waals surface area contributed by atoms with E-state index < -0.39 is 11.2 Å². The largest absolute Gasteiger partial charge is 0.463 e. The van der Waals surface area contributed by atoms with Crippen LogP contribution in [-0.2, 0) is 14.3 Å².